The van der Waals surface area contributed by atoms with Crippen LogP contribution in [-0.4, -0.2) is 27.9 Å². The maximum Gasteiger partial charge on any atom is 0.238 e. The van der Waals surface area contributed by atoms with E-state index in [1.807, 2.05) is 0 Å². The number of nitrogens with one attached hydrogen (secondary N) is 1. The van der Waals surface area contributed by atoms with Crippen LogP contribution in [0.3, 0.4) is 0 Å². The number of primary sulfonamides is 1. The molecule has 0 aliphatic carbocycles. The lowest BCUT2D eigenvalue weighted by atomic mass is 10.1. The number of imidazole rings is 1. The molecule has 2 aromatic carbocycles. The van der Waals surface area contributed by atoms with Gasteiger partial charge >= 0.3 is 0 Å². The van der Waals surface area contributed by atoms with E-state index >= 15 is 0 Å². The summed E-state index contributed by atoms with van der Waals surface area (Å²) in [5.74, 6) is -0.624. The number of hydrogen-bond donors (Lipinski definition) is 3. The van der Waals surface area contributed by atoms with Gasteiger partial charge in [-0.25, -0.2) is 27.9 Å². The van der Waals surface area contributed by atoms with Gasteiger partial charge in [-0.2, -0.15) is 0 Å². The smallest absolute Gasteiger partial charge is 0.238 e. The number of aromatic hydroxyl groups is 1. The molecule has 0 amide bonds. The molecule has 8 nitrogen and oxygen atoms in total. The predicted molar refractivity (Wildman–Crippen MR) is 105 cm³/mol. The summed E-state index contributed by atoms with van der Waals surface area (Å²) in [6.45, 7) is 0.383. The van der Waals surface area contributed by atoms with Crippen LogP contribution in [0.1, 0.15) is 5.56 Å². The van der Waals surface area contributed by atoms with Gasteiger partial charge in [-0.15, -0.1) is 0 Å². The Morgan fingerprint density at radius 2 is 1.90 bits per heavy atom. The molecule has 0 atom stereocenters. The van der Waals surface area contributed by atoms with Crippen LogP contribution in [0.5, 0.6) is 5.75 Å². The molecule has 10 heteroatoms. The fourth-order valence-electron chi connectivity index (χ4n) is 2.91. The van der Waals surface area contributed by atoms with Gasteiger partial charge in [0.05, 0.1) is 16.8 Å². The molecule has 0 spiro atoms. The van der Waals surface area contributed by atoms with Crippen LogP contribution in [0.4, 0.5) is 10.2 Å². The van der Waals surface area contributed by atoms with Crippen LogP contribution < -0.4 is 10.5 Å². The Balaban J connectivity index is 1.60. The van der Waals surface area contributed by atoms with E-state index in [-0.39, 0.29) is 4.90 Å². The van der Waals surface area contributed by atoms with Gasteiger partial charge in [-0.1, -0.05) is 12.1 Å². The summed E-state index contributed by atoms with van der Waals surface area (Å²) in [7, 11) is -3.73. The predicted octanol–water partition coefficient (Wildman–Crippen LogP) is 2.50. The third kappa shape index (κ3) is 3.75. The number of fused-ring (bicyclic) bond motifs is 1. The standard InChI is InChI=1S/C19H16FN5O3S/c20-15-9-13(3-6-17(15)26)16-11-24-19-18(22-7-8-25(16)19)23-10-12-1-4-14(5-2-12)29(21,27)28/h1-9,11,26H,10H2,(H,22,23)(H2,21,27,28). The maximum absolute atomic E-state index is 13.7. The van der Waals surface area contributed by atoms with Gasteiger partial charge in [0.15, 0.2) is 23.0 Å². The Hall–Kier alpha value is -3.50. The van der Waals surface area contributed by atoms with Crippen molar-refractivity contribution in [2.75, 3.05) is 5.32 Å². The highest BCUT2D eigenvalue weighted by Crippen LogP contribution is 2.27. The highest BCUT2D eigenvalue weighted by molar-refractivity contribution is 7.89. The van der Waals surface area contributed by atoms with Crippen molar-refractivity contribution in [2.24, 2.45) is 5.14 Å². The Morgan fingerprint density at radius 3 is 2.59 bits per heavy atom. The number of phenols is 1. The van der Waals surface area contributed by atoms with E-state index in [1.54, 1.807) is 41.2 Å². The molecule has 0 radical (unpaired) electrons. The number of rotatable bonds is 5. The average molecular weight is 413 g/mol. The van der Waals surface area contributed by atoms with Crippen LogP contribution in [0.15, 0.2) is 66.0 Å². The first-order chi connectivity index (χ1) is 13.8. The lowest BCUT2D eigenvalue weighted by Crippen LogP contribution is -2.12. The number of anilines is 1. The second-order valence-electron chi connectivity index (χ2n) is 6.32. The fraction of sp³-hybridized carbons (Fsp3) is 0.0526. The van der Waals surface area contributed by atoms with Crippen LogP contribution in [0, 0.1) is 5.82 Å². The third-order valence-electron chi connectivity index (χ3n) is 4.38. The molecular weight excluding hydrogens is 397 g/mol. The van der Waals surface area contributed by atoms with E-state index in [1.165, 1.54) is 24.3 Å². The lowest BCUT2D eigenvalue weighted by Gasteiger charge is -2.08. The Morgan fingerprint density at radius 1 is 1.14 bits per heavy atom. The molecule has 2 aromatic heterocycles. The number of nitrogens with zero attached hydrogens (tertiary/aromatic N) is 3. The van der Waals surface area contributed by atoms with E-state index in [0.29, 0.717) is 29.3 Å². The van der Waals surface area contributed by atoms with Crippen molar-refractivity contribution < 1.29 is 17.9 Å². The molecule has 0 aliphatic rings. The molecule has 0 saturated heterocycles. The normalized spacial score (nSPS) is 11.7. The SMILES string of the molecule is NS(=O)(=O)c1ccc(CNc2nccn3c(-c4ccc(O)c(F)c4)cnc23)cc1. The summed E-state index contributed by atoms with van der Waals surface area (Å²) in [4.78, 5) is 8.70. The first kappa shape index (κ1) is 18.8. The molecule has 0 saturated carbocycles. The molecule has 4 N–H and O–H groups in total. The third-order valence-corrected chi connectivity index (χ3v) is 5.31. The average Bonchev–Trinajstić information content (AvgIpc) is 3.13. The number of phenolic OH excluding ortho intramolecular Hbond substituents is 1. The van der Waals surface area contributed by atoms with Crippen LogP contribution in [-0.2, 0) is 16.6 Å². The van der Waals surface area contributed by atoms with E-state index in [9.17, 15) is 17.9 Å². The fourth-order valence-corrected chi connectivity index (χ4v) is 3.42. The van der Waals surface area contributed by atoms with Crippen molar-refractivity contribution in [3.8, 4) is 17.0 Å². The van der Waals surface area contributed by atoms with E-state index < -0.39 is 21.6 Å². The molecule has 148 valence electrons. The van der Waals surface area contributed by atoms with Gasteiger partial charge in [-0.05, 0) is 35.9 Å². The quantitative estimate of drug-likeness (QED) is 0.462. The van der Waals surface area contributed by atoms with Gasteiger partial charge in [-0.3, -0.25) is 4.40 Å². The second-order valence-corrected chi connectivity index (χ2v) is 7.88. The summed E-state index contributed by atoms with van der Waals surface area (Å²) >= 11 is 0. The molecular formula is C19H16FN5O3S. The summed E-state index contributed by atoms with van der Waals surface area (Å²) in [5.41, 5.74) is 2.57. The second kappa shape index (κ2) is 7.15. The van der Waals surface area contributed by atoms with Gasteiger partial charge in [0, 0.05) is 24.5 Å². The summed E-state index contributed by atoms with van der Waals surface area (Å²) in [5, 5.41) is 17.6. The highest BCUT2D eigenvalue weighted by atomic mass is 32.2. The van der Waals surface area contributed by atoms with E-state index in [2.05, 4.69) is 15.3 Å². The van der Waals surface area contributed by atoms with Crippen LogP contribution >= 0.6 is 0 Å². The maximum atomic E-state index is 13.7. The zero-order valence-corrected chi connectivity index (χ0v) is 15.8. The van der Waals surface area contributed by atoms with Gasteiger partial charge in [0.1, 0.15) is 0 Å². The first-order valence-corrected chi connectivity index (χ1v) is 10.0. The van der Waals surface area contributed by atoms with Crippen LogP contribution in [0.25, 0.3) is 16.9 Å². The Kier molecular flexibility index (Phi) is 4.65. The Bertz CT molecular complexity index is 1300. The van der Waals surface area contributed by atoms with Gasteiger partial charge in [0.2, 0.25) is 10.0 Å². The molecule has 0 fully saturated rings. The molecule has 2 heterocycles. The Labute approximate surface area is 165 Å². The number of hydrogen-bond acceptors (Lipinski definition) is 6. The molecule has 0 bridgehead atoms. The number of sulfonamides is 1. The van der Waals surface area contributed by atoms with Crippen molar-refractivity contribution in [1.82, 2.24) is 14.4 Å². The van der Waals surface area contributed by atoms with Crippen molar-refractivity contribution in [3.63, 3.8) is 0 Å². The van der Waals surface area contributed by atoms with Crippen molar-refractivity contribution in [3.05, 3.63) is 72.4 Å². The number of aromatic nitrogens is 3. The van der Waals surface area contributed by atoms with Gasteiger partial charge < -0.3 is 10.4 Å². The minimum atomic E-state index is -3.73. The summed E-state index contributed by atoms with van der Waals surface area (Å²) in [6.07, 6.45) is 4.88. The molecule has 0 aliphatic heterocycles. The molecule has 0 unspecified atom stereocenters. The summed E-state index contributed by atoms with van der Waals surface area (Å²) < 4.78 is 38.1. The van der Waals surface area contributed by atoms with E-state index in [0.717, 1.165) is 5.56 Å². The van der Waals surface area contributed by atoms with E-state index in [4.69, 9.17) is 5.14 Å². The number of benzene rings is 2. The number of nitrogens with two attached hydrogens (primary N) is 1. The zero-order chi connectivity index (χ0) is 20.6. The highest BCUT2D eigenvalue weighted by Gasteiger charge is 2.12. The van der Waals surface area contributed by atoms with Crippen LogP contribution in [0.2, 0.25) is 0 Å². The molecule has 29 heavy (non-hydrogen) atoms. The van der Waals surface area contributed by atoms with Crippen molar-refractivity contribution >= 4 is 21.5 Å². The van der Waals surface area contributed by atoms with Crippen molar-refractivity contribution in [1.29, 1.82) is 0 Å². The number of halogens is 1. The monoisotopic (exact) mass is 413 g/mol. The topological polar surface area (TPSA) is 123 Å². The first-order valence-electron chi connectivity index (χ1n) is 8.49. The van der Waals surface area contributed by atoms with Crippen molar-refractivity contribution in [2.45, 2.75) is 11.4 Å². The lowest BCUT2D eigenvalue weighted by molar-refractivity contribution is 0.432. The molecule has 4 aromatic rings. The van der Waals surface area contributed by atoms with Gasteiger partial charge in [0.25, 0.3) is 0 Å². The minimum Gasteiger partial charge on any atom is -0.505 e. The zero-order valence-electron chi connectivity index (χ0n) is 14.9. The summed E-state index contributed by atoms with van der Waals surface area (Å²) in [6, 6.07) is 10.3. The molecule has 4 rings (SSSR count). The largest absolute Gasteiger partial charge is 0.505 e. The minimum absolute atomic E-state index is 0.0421.